The molecule has 1 aliphatic rings. The van der Waals surface area contributed by atoms with Crippen LogP contribution in [0.25, 0.3) is 0 Å². The van der Waals surface area contributed by atoms with Crippen LogP contribution < -0.4 is 10.6 Å². The van der Waals surface area contributed by atoms with E-state index in [1.807, 2.05) is 43.3 Å². The number of carboxylic acids is 1. The summed E-state index contributed by atoms with van der Waals surface area (Å²) < 4.78 is 5.26. The summed E-state index contributed by atoms with van der Waals surface area (Å²) in [7, 11) is 0. The summed E-state index contributed by atoms with van der Waals surface area (Å²) in [6.07, 6.45) is 0.449. The number of aliphatic carboxylic acids is 1. The smallest absolute Gasteiger partial charge is 0.323 e. The van der Waals surface area contributed by atoms with Crippen LogP contribution >= 0.6 is 11.8 Å². The fourth-order valence-electron chi connectivity index (χ4n) is 3.75. The first-order valence-corrected chi connectivity index (χ1v) is 12.3. The topological polar surface area (TPSA) is 125 Å². The number of hydrogen-bond acceptors (Lipinski definition) is 6. The maximum atomic E-state index is 13.0. The van der Waals surface area contributed by atoms with Gasteiger partial charge in [0.1, 0.15) is 11.5 Å². The van der Waals surface area contributed by atoms with Gasteiger partial charge >= 0.3 is 12.0 Å². The normalized spacial score (nSPS) is 15.1. The van der Waals surface area contributed by atoms with Crippen LogP contribution in [0.1, 0.15) is 35.0 Å². The molecule has 1 saturated heterocycles. The molecule has 1 fully saturated rings. The zero-order valence-electron chi connectivity index (χ0n) is 19.2. The molecule has 9 nitrogen and oxygen atoms in total. The molecule has 3 N–H and O–H groups in total. The second-order valence-electron chi connectivity index (χ2n) is 8.26. The Morgan fingerprint density at radius 3 is 2.66 bits per heavy atom. The Morgan fingerprint density at radius 2 is 1.91 bits per heavy atom. The first-order chi connectivity index (χ1) is 16.9. The second kappa shape index (κ2) is 11.1. The van der Waals surface area contributed by atoms with Crippen molar-refractivity contribution in [3.63, 3.8) is 0 Å². The summed E-state index contributed by atoms with van der Waals surface area (Å²) >= 11 is 1.64. The Kier molecular flexibility index (Phi) is 7.71. The lowest BCUT2D eigenvalue weighted by Gasteiger charge is -2.22. The van der Waals surface area contributed by atoms with Crippen LogP contribution in [0.15, 0.2) is 59.1 Å². The highest BCUT2D eigenvalue weighted by atomic mass is 32.2. The van der Waals surface area contributed by atoms with E-state index in [-0.39, 0.29) is 37.2 Å². The van der Waals surface area contributed by atoms with Crippen molar-refractivity contribution in [1.82, 2.24) is 10.1 Å². The lowest BCUT2D eigenvalue weighted by Crippen LogP contribution is -2.32. The summed E-state index contributed by atoms with van der Waals surface area (Å²) in [6, 6.07) is 15.9. The van der Waals surface area contributed by atoms with Crippen molar-refractivity contribution >= 4 is 41.0 Å². The van der Waals surface area contributed by atoms with Crippen LogP contribution in [-0.2, 0) is 22.4 Å². The summed E-state index contributed by atoms with van der Waals surface area (Å²) in [5, 5.41) is 18.5. The van der Waals surface area contributed by atoms with Crippen LogP contribution in [0.4, 0.5) is 16.2 Å². The van der Waals surface area contributed by atoms with Gasteiger partial charge in [-0.3, -0.25) is 9.59 Å². The number of carbonyl (C=O) groups is 3. The Morgan fingerprint density at radius 1 is 1.14 bits per heavy atom. The van der Waals surface area contributed by atoms with E-state index in [1.54, 1.807) is 34.9 Å². The maximum absolute atomic E-state index is 13.0. The molecule has 0 spiro atoms. The number of amides is 3. The van der Waals surface area contributed by atoms with Gasteiger partial charge in [-0.2, -0.15) is 0 Å². The number of urea groups is 1. The minimum Gasteiger partial charge on any atom is -0.481 e. The molecule has 1 aliphatic heterocycles. The average molecular weight is 495 g/mol. The molecule has 0 saturated carbocycles. The number of benzene rings is 2. The molecular formula is C25H26N4O5S. The molecule has 0 radical (unpaired) electrons. The number of nitrogens with zero attached hydrogens (tertiary/aromatic N) is 2. The monoisotopic (exact) mass is 494 g/mol. The Labute approximate surface area is 206 Å². The minimum atomic E-state index is -0.899. The summed E-state index contributed by atoms with van der Waals surface area (Å²) in [4.78, 5) is 37.8. The van der Waals surface area contributed by atoms with Crippen LogP contribution in [0.2, 0.25) is 0 Å². The third-order valence-corrected chi connectivity index (χ3v) is 6.68. The van der Waals surface area contributed by atoms with Gasteiger partial charge in [0.2, 0.25) is 5.91 Å². The van der Waals surface area contributed by atoms with Gasteiger partial charge in [0.05, 0.1) is 24.8 Å². The van der Waals surface area contributed by atoms with Crippen LogP contribution in [-0.4, -0.2) is 44.7 Å². The van der Waals surface area contributed by atoms with Gasteiger partial charge in [-0.15, -0.1) is 11.8 Å². The van der Waals surface area contributed by atoms with E-state index < -0.39 is 5.97 Å². The van der Waals surface area contributed by atoms with E-state index in [9.17, 15) is 14.4 Å². The number of nitrogens with one attached hydrogen (secondary N) is 2. The van der Waals surface area contributed by atoms with E-state index in [0.29, 0.717) is 28.8 Å². The van der Waals surface area contributed by atoms with Crippen molar-refractivity contribution in [3.05, 3.63) is 77.2 Å². The first-order valence-electron chi connectivity index (χ1n) is 11.2. The quantitative estimate of drug-likeness (QED) is 0.422. The fourth-order valence-corrected chi connectivity index (χ4v) is 4.95. The number of aromatic nitrogens is 1. The summed E-state index contributed by atoms with van der Waals surface area (Å²) in [6.45, 7) is 1.92. The number of anilines is 2. The summed E-state index contributed by atoms with van der Waals surface area (Å²) in [5.41, 5.74) is 3.81. The average Bonchev–Trinajstić information content (AvgIpc) is 3.50. The molecule has 4 rings (SSSR count). The molecule has 1 atom stereocenters. The van der Waals surface area contributed by atoms with Gasteiger partial charge in [-0.1, -0.05) is 35.5 Å². The number of carbonyl (C=O) groups excluding carboxylic acids is 2. The maximum Gasteiger partial charge on any atom is 0.323 e. The van der Waals surface area contributed by atoms with Crippen LogP contribution in [0.5, 0.6) is 0 Å². The molecule has 2 heterocycles. The Bertz CT molecular complexity index is 1210. The lowest BCUT2D eigenvalue weighted by atomic mass is 10.1. The lowest BCUT2D eigenvalue weighted by molar-refractivity contribution is -0.137. The highest BCUT2D eigenvalue weighted by Crippen LogP contribution is 2.33. The molecule has 0 aliphatic carbocycles. The molecule has 1 unspecified atom stereocenters. The van der Waals surface area contributed by atoms with Gasteiger partial charge in [0.25, 0.3) is 0 Å². The van der Waals surface area contributed by atoms with Crippen molar-refractivity contribution < 1.29 is 24.0 Å². The van der Waals surface area contributed by atoms with Crippen LogP contribution in [0, 0.1) is 6.92 Å². The van der Waals surface area contributed by atoms with Crippen LogP contribution in [0.3, 0.4) is 0 Å². The minimum absolute atomic E-state index is 0.0326. The number of hydrogen-bond donors (Lipinski definition) is 3. The predicted octanol–water partition coefficient (Wildman–Crippen LogP) is 4.46. The van der Waals surface area contributed by atoms with E-state index in [0.717, 1.165) is 16.8 Å². The van der Waals surface area contributed by atoms with Gasteiger partial charge in [-0.25, -0.2) is 4.79 Å². The van der Waals surface area contributed by atoms with Crippen molar-refractivity contribution in [2.45, 2.75) is 32.2 Å². The molecule has 10 heteroatoms. The van der Waals surface area contributed by atoms with Crippen molar-refractivity contribution in [3.8, 4) is 0 Å². The number of aryl methyl sites for hydroxylation is 2. The van der Waals surface area contributed by atoms with Gasteiger partial charge in [0, 0.05) is 29.6 Å². The van der Waals surface area contributed by atoms with Gasteiger partial charge in [-0.05, 0) is 36.2 Å². The number of thioether (sulfide) groups is 1. The second-order valence-corrected chi connectivity index (χ2v) is 9.26. The van der Waals surface area contributed by atoms with E-state index >= 15 is 0 Å². The number of para-hydroxylation sites is 1. The Balaban J connectivity index is 1.32. The molecule has 182 valence electrons. The predicted molar refractivity (Wildman–Crippen MR) is 133 cm³/mol. The molecular weight excluding hydrogens is 468 g/mol. The fraction of sp³-hybridized carbons (Fsp3) is 0.280. The van der Waals surface area contributed by atoms with Crippen molar-refractivity contribution in [2.75, 3.05) is 22.3 Å². The largest absolute Gasteiger partial charge is 0.481 e. The number of rotatable bonds is 8. The van der Waals surface area contributed by atoms with E-state index in [4.69, 9.17) is 9.63 Å². The molecule has 3 aromatic rings. The molecule has 35 heavy (non-hydrogen) atoms. The number of carboxylic acid groups (broad SMARTS) is 1. The standard InChI is InChI=1S/C25H26N4O5S/c1-16-4-2-3-5-20(16)27-25(33)26-18-8-6-17(7-9-18)12-23(30)29-15-35-14-22(29)21-13-19(34-28-21)10-11-24(31)32/h2-9,13,22H,10-12,14-15H2,1H3,(H,31,32)(H2,26,27,33). The molecule has 0 bridgehead atoms. The van der Waals surface area contributed by atoms with Gasteiger partial charge < -0.3 is 25.2 Å². The third-order valence-electron chi connectivity index (χ3n) is 5.67. The highest BCUT2D eigenvalue weighted by molar-refractivity contribution is 7.99. The zero-order valence-corrected chi connectivity index (χ0v) is 20.0. The zero-order chi connectivity index (χ0) is 24.8. The summed E-state index contributed by atoms with van der Waals surface area (Å²) in [5.74, 6) is 0.827. The van der Waals surface area contributed by atoms with E-state index in [2.05, 4.69) is 15.8 Å². The Hall–Kier alpha value is -3.79. The molecule has 1 aromatic heterocycles. The molecule has 2 aromatic carbocycles. The molecule has 3 amide bonds. The third kappa shape index (κ3) is 6.42. The first kappa shape index (κ1) is 24.3. The van der Waals surface area contributed by atoms with Crippen molar-refractivity contribution in [1.29, 1.82) is 0 Å². The SMILES string of the molecule is Cc1ccccc1NC(=O)Nc1ccc(CC(=O)N2CSCC2c2cc(CCC(=O)O)on2)cc1. The highest BCUT2D eigenvalue weighted by Gasteiger charge is 2.32. The van der Waals surface area contributed by atoms with Crippen molar-refractivity contribution in [2.24, 2.45) is 0 Å². The van der Waals surface area contributed by atoms with E-state index in [1.165, 1.54) is 0 Å². The van der Waals surface area contributed by atoms with Gasteiger partial charge in [0.15, 0.2) is 0 Å².